The number of H-pyrrole nitrogens is 1. The Morgan fingerprint density at radius 2 is 1.85 bits per heavy atom. The number of amides is 1. The Balaban J connectivity index is 1.36. The second-order valence-electron chi connectivity index (χ2n) is 7.56. The van der Waals surface area contributed by atoms with Crippen molar-refractivity contribution in [3.05, 3.63) is 84.2 Å². The fourth-order valence-electron chi connectivity index (χ4n) is 3.64. The molecule has 1 amide bonds. The van der Waals surface area contributed by atoms with Crippen LogP contribution < -0.4 is 9.64 Å². The van der Waals surface area contributed by atoms with Crippen LogP contribution in [0.25, 0.3) is 22.1 Å². The summed E-state index contributed by atoms with van der Waals surface area (Å²) >= 11 is 1.20. The standard InChI is InChI=1S/C25H20FN5O2S/c1-33-19-11-12-21-20(13-19)23-24(27-21)28-25(30-29-23)34-15-22(32)31(14-16-5-3-2-4-6-16)18-9-7-17(26)8-10-18/h2-13H,14-15H2,1H3,(H,27,28,30). The predicted octanol–water partition coefficient (Wildman–Crippen LogP) is 4.98. The number of aromatic nitrogens is 4. The average molecular weight is 474 g/mol. The first-order valence-electron chi connectivity index (χ1n) is 10.5. The third-order valence-electron chi connectivity index (χ3n) is 5.35. The lowest BCUT2D eigenvalue weighted by Gasteiger charge is -2.23. The highest BCUT2D eigenvalue weighted by atomic mass is 32.2. The molecule has 0 atom stereocenters. The molecule has 2 heterocycles. The average Bonchev–Trinajstić information content (AvgIpc) is 3.24. The van der Waals surface area contributed by atoms with E-state index < -0.39 is 0 Å². The van der Waals surface area contributed by atoms with E-state index in [2.05, 4.69) is 20.2 Å². The fraction of sp³-hybridized carbons (Fsp3) is 0.120. The number of nitrogens with zero attached hydrogens (tertiary/aromatic N) is 4. The van der Waals surface area contributed by atoms with Crippen molar-refractivity contribution in [1.29, 1.82) is 0 Å². The highest BCUT2D eigenvalue weighted by Gasteiger charge is 2.18. The maximum Gasteiger partial charge on any atom is 0.237 e. The minimum Gasteiger partial charge on any atom is -0.497 e. The van der Waals surface area contributed by atoms with Crippen molar-refractivity contribution in [2.24, 2.45) is 0 Å². The molecule has 5 aromatic rings. The minimum atomic E-state index is -0.353. The van der Waals surface area contributed by atoms with Gasteiger partial charge in [0, 0.05) is 16.6 Å². The van der Waals surface area contributed by atoms with Crippen LogP contribution in [-0.4, -0.2) is 38.9 Å². The zero-order valence-electron chi connectivity index (χ0n) is 18.2. The number of hydrogen-bond acceptors (Lipinski definition) is 6. The van der Waals surface area contributed by atoms with Crippen molar-refractivity contribution in [3.63, 3.8) is 0 Å². The lowest BCUT2D eigenvalue weighted by Crippen LogP contribution is -2.32. The summed E-state index contributed by atoms with van der Waals surface area (Å²) in [4.78, 5) is 22.6. The van der Waals surface area contributed by atoms with Gasteiger partial charge in [-0.1, -0.05) is 42.1 Å². The molecular formula is C25H20FN5O2S. The van der Waals surface area contributed by atoms with Crippen LogP contribution in [0.1, 0.15) is 5.56 Å². The number of hydrogen-bond donors (Lipinski definition) is 1. The van der Waals surface area contributed by atoms with E-state index in [1.54, 1.807) is 24.1 Å². The van der Waals surface area contributed by atoms with Crippen LogP contribution in [0.5, 0.6) is 5.75 Å². The SMILES string of the molecule is COc1ccc2[nH]c3nc(SCC(=O)N(Cc4ccccc4)c4ccc(F)cc4)nnc3c2c1. The third-order valence-corrected chi connectivity index (χ3v) is 6.17. The summed E-state index contributed by atoms with van der Waals surface area (Å²) in [6, 6.07) is 21.2. The number of halogens is 1. The molecular weight excluding hydrogens is 453 g/mol. The van der Waals surface area contributed by atoms with E-state index in [0.717, 1.165) is 22.2 Å². The Kier molecular flexibility index (Phi) is 6.09. The monoisotopic (exact) mass is 473 g/mol. The van der Waals surface area contributed by atoms with Crippen LogP contribution in [0.4, 0.5) is 10.1 Å². The number of methoxy groups -OCH3 is 1. The van der Waals surface area contributed by atoms with Crippen molar-refractivity contribution >= 4 is 45.4 Å². The third kappa shape index (κ3) is 4.55. The molecule has 7 nitrogen and oxygen atoms in total. The van der Waals surface area contributed by atoms with Gasteiger partial charge in [0.25, 0.3) is 0 Å². The Hall–Kier alpha value is -3.98. The van der Waals surface area contributed by atoms with Gasteiger partial charge in [0.05, 0.1) is 19.4 Å². The number of fused-ring (bicyclic) bond motifs is 3. The molecule has 0 aliphatic rings. The van der Waals surface area contributed by atoms with Gasteiger partial charge in [-0.15, -0.1) is 10.2 Å². The van der Waals surface area contributed by atoms with Gasteiger partial charge in [0.2, 0.25) is 11.1 Å². The molecule has 0 radical (unpaired) electrons. The van der Waals surface area contributed by atoms with Gasteiger partial charge in [-0.2, -0.15) is 0 Å². The topological polar surface area (TPSA) is 84.0 Å². The predicted molar refractivity (Wildman–Crippen MR) is 130 cm³/mol. The zero-order valence-corrected chi connectivity index (χ0v) is 19.1. The number of carbonyl (C=O) groups excluding carboxylic acids is 1. The maximum atomic E-state index is 13.5. The second-order valence-corrected chi connectivity index (χ2v) is 8.50. The minimum absolute atomic E-state index is 0.103. The van der Waals surface area contributed by atoms with Gasteiger partial charge >= 0.3 is 0 Å². The normalized spacial score (nSPS) is 11.1. The highest BCUT2D eigenvalue weighted by Crippen LogP contribution is 2.27. The molecule has 0 unspecified atom stereocenters. The van der Waals surface area contributed by atoms with Gasteiger partial charge in [0.1, 0.15) is 17.1 Å². The van der Waals surface area contributed by atoms with Crippen LogP contribution in [0.15, 0.2) is 78.0 Å². The van der Waals surface area contributed by atoms with E-state index in [-0.39, 0.29) is 17.5 Å². The van der Waals surface area contributed by atoms with Crippen LogP contribution in [0.3, 0.4) is 0 Å². The molecule has 0 saturated heterocycles. The first kappa shape index (κ1) is 21.8. The Morgan fingerprint density at radius 1 is 1.06 bits per heavy atom. The van der Waals surface area contributed by atoms with Crippen molar-refractivity contribution in [2.75, 3.05) is 17.8 Å². The largest absolute Gasteiger partial charge is 0.497 e. The van der Waals surface area contributed by atoms with Crippen LogP contribution in [-0.2, 0) is 11.3 Å². The lowest BCUT2D eigenvalue weighted by molar-refractivity contribution is -0.116. The van der Waals surface area contributed by atoms with E-state index in [9.17, 15) is 9.18 Å². The number of anilines is 1. The lowest BCUT2D eigenvalue weighted by atomic mass is 10.2. The number of benzene rings is 3. The van der Waals surface area contributed by atoms with E-state index in [1.807, 2.05) is 48.5 Å². The summed E-state index contributed by atoms with van der Waals surface area (Å²) in [6.07, 6.45) is 0. The van der Waals surface area contributed by atoms with Crippen LogP contribution >= 0.6 is 11.8 Å². The molecule has 1 N–H and O–H groups in total. The van der Waals surface area contributed by atoms with E-state index in [4.69, 9.17) is 4.74 Å². The molecule has 34 heavy (non-hydrogen) atoms. The number of rotatable bonds is 7. The van der Waals surface area contributed by atoms with Gasteiger partial charge < -0.3 is 14.6 Å². The smallest absolute Gasteiger partial charge is 0.237 e. The summed E-state index contributed by atoms with van der Waals surface area (Å²) in [5, 5.41) is 9.78. The van der Waals surface area contributed by atoms with Gasteiger partial charge in [-0.3, -0.25) is 4.79 Å². The molecule has 0 bridgehead atoms. The maximum absolute atomic E-state index is 13.5. The quantitative estimate of drug-likeness (QED) is 0.336. The van der Waals surface area contributed by atoms with E-state index >= 15 is 0 Å². The van der Waals surface area contributed by atoms with Gasteiger partial charge in [-0.05, 0) is 48.0 Å². The molecule has 5 rings (SSSR count). The molecule has 9 heteroatoms. The van der Waals surface area contributed by atoms with Gasteiger partial charge in [0.15, 0.2) is 5.65 Å². The zero-order chi connectivity index (χ0) is 23.5. The molecule has 0 aliphatic heterocycles. The molecule has 0 spiro atoms. The van der Waals surface area contributed by atoms with Crippen molar-refractivity contribution < 1.29 is 13.9 Å². The molecule has 0 saturated carbocycles. The number of aromatic amines is 1. The number of carbonyl (C=O) groups is 1. The van der Waals surface area contributed by atoms with Crippen LogP contribution in [0, 0.1) is 5.82 Å². The summed E-state index contributed by atoms with van der Waals surface area (Å²) in [7, 11) is 1.61. The molecule has 0 fully saturated rings. The summed E-state index contributed by atoms with van der Waals surface area (Å²) < 4.78 is 18.7. The fourth-order valence-corrected chi connectivity index (χ4v) is 4.30. The van der Waals surface area contributed by atoms with Crippen molar-refractivity contribution in [2.45, 2.75) is 11.7 Å². The number of nitrogens with one attached hydrogen (secondary N) is 1. The number of thioether (sulfide) groups is 1. The Labute approximate surface area is 199 Å². The molecule has 0 aliphatic carbocycles. The number of ether oxygens (including phenoxy) is 1. The summed E-state index contributed by atoms with van der Waals surface area (Å²) in [5.41, 5.74) is 3.70. The van der Waals surface area contributed by atoms with Gasteiger partial charge in [-0.25, -0.2) is 9.37 Å². The van der Waals surface area contributed by atoms with Crippen LogP contribution in [0.2, 0.25) is 0 Å². The van der Waals surface area contributed by atoms with Crippen molar-refractivity contribution in [3.8, 4) is 5.75 Å². The molecule has 2 aromatic heterocycles. The Morgan fingerprint density at radius 3 is 2.62 bits per heavy atom. The molecule has 170 valence electrons. The van der Waals surface area contributed by atoms with Crippen molar-refractivity contribution in [1.82, 2.24) is 20.2 Å². The molecule has 3 aromatic carbocycles. The summed E-state index contributed by atoms with van der Waals surface area (Å²) in [5.74, 6) is 0.323. The van der Waals surface area contributed by atoms with E-state index in [1.165, 1.54) is 23.9 Å². The first-order chi connectivity index (χ1) is 16.6. The Bertz CT molecular complexity index is 1460. The van der Waals surface area contributed by atoms with E-state index in [0.29, 0.717) is 28.6 Å². The highest BCUT2D eigenvalue weighted by molar-refractivity contribution is 7.99. The summed E-state index contributed by atoms with van der Waals surface area (Å²) in [6.45, 7) is 0.369. The second kappa shape index (κ2) is 9.48. The first-order valence-corrected chi connectivity index (χ1v) is 11.5.